The van der Waals surface area contributed by atoms with Crippen molar-refractivity contribution in [1.82, 2.24) is 5.32 Å². The Morgan fingerprint density at radius 2 is 2.25 bits per heavy atom. The predicted molar refractivity (Wildman–Crippen MR) is 37.8 cm³/mol. The zero-order valence-corrected chi connectivity index (χ0v) is 5.78. The lowest BCUT2D eigenvalue weighted by molar-refractivity contribution is 0.811. The quantitative estimate of drug-likeness (QED) is 0.573. The molecule has 0 aromatic heterocycles. The molecule has 1 radical (unpaired) electrons. The molecule has 0 aliphatic rings. The van der Waals surface area contributed by atoms with Crippen LogP contribution in [0.1, 0.15) is 6.92 Å². The lowest BCUT2D eigenvalue weighted by Gasteiger charge is -1.93. The van der Waals surface area contributed by atoms with Crippen LogP contribution in [-0.4, -0.2) is 13.1 Å². The van der Waals surface area contributed by atoms with Crippen LogP contribution >= 0.6 is 11.6 Å². The van der Waals surface area contributed by atoms with Crippen molar-refractivity contribution in [3.8, 4) is 0 Å². The van der Waals surface area contributed by atoms with Crippen molar-refractivity contribution in [2.75, 3.05) is 13.1 Å². The average molecular weight is 133 g/mol. The SMILES string of the molecule is C[CH]CNCC=CCl. The van der Waals surface area contributed by atoms with Gasteiger partial charge in [-0.1, -0.05) is 24.6 Å². The maximum absolute atomic E-state index is 5.25. The molecule has 0 heterocycles. The van der Waals surface area contributed by atoms with E-state index in [2.05, 4.69) is 11.7 Å². The van der Waals surface area contributed by atoms with E-state index in [4.69, 9.17) is 11.6 Å². The minimum Gasteiger partial charge on any atom is -0.313 e. The number of hydrogen-bond donors (Lipinski definition) is 1. The van der Waals surface area contributed by atoms with Crippen LogP contribution in [0.3, 0.4) is 0 Å². The molecule has 0 unspecified atom stereocenters. The van der Waals surface area contributed by atoms with Gasteiger partial charge in [0.2, 0.25) is 0 Å². The summed E-state index contributed by atoms with van der Waals surface area (Å²) < 4.78 is 0. The van der Waals surface area contributed by atoms with E-state index < -0.39 is 0 Å². The highest BCUT2D eigenvalue weighted by atomic mass is 35.5. The monoisotopic (exact) mass is 132 g/mol. The third-order valence-corrected chi connectivity index (χ3v) is 0.878. The highest BCUT2D eigenvalue weighted by Gasteiger charge is 1.75. The largest absolute Gasteiger partial charge is 0.313 e. The molecular formula is C6H11ClN. The van der Waals surface area contributed by atoms with Crippen LogP contribution in [0.15, 0.2) is 11.6 Å². The second-order valence-electron chi connectivity index (χ2n) is 1.43. The van der Waals surface area contributed by atoms with Crippen LogP contribution in [0.4, 0.5) is 0 Å². The van der Waals surface area contributed by atoms with Gasteiger partial charge < -0.3 is 5.32 Å². The van der Waals surface area contributed by atoms with Crippen LogP contribution < -0.4 is 5.32 Å². The Kier molecular flexibility index (Phi) is 6.98. The molecule has 0 bridgehead atoms. The van der Waals surface area contributed by atoms with E-state index in [9.17, 15) is 0 Å². The van der Waals surface area contributed by atoms with Crippen molar-refractivity contribution < 1.29 is 0 Å². The summed E-state index contributed by atoms with van der Waals surface area (Å²) in [5.41, 5.74) is 1.52. The molecular weight excluding hydrogens is 122 g/mol. The van der Waals surface area contributed by atoms with E-state index in [0.29, 0.717) is 0 Å². The summed E-state index contributed by atoms with van der Waals surface area (Å²) >= 11 is 5.25. The molecule has 0 spiro atoms. The number of nitrogens with one attached hydrogen (secondary N) is 1. The summed E-state index contributed by atoms with van der Waals surface area (Å²) in [5.74, 6) is 0. The molecule has 0 amide bonds. The minimum absolute atomic E-state index is 0.855. The van der Waals surface area contributed by atoms with E-state index >= 15 is 0 Å². The smallest absolute Gasteiger partial charge is 0.0146 e. The first-order valence-electron chi connectivity index (χ1n) is 2.65. The van der Waals surface area contributed by atoms with Crippen LogP contribution in [0.25, 0.3) is 0 Å². The van der Waals surface area contributed by atoms with E-state index in [0.717, 1.165) is 13.1 Å². The van der Waals surface area contributed by atoms with E-state index in [1.54, 1.807) is 0 Å². The third-order valence-electron chi connectivity index (χ3n) is 0.700. The number of hydrogen-bond acceptors (Lipinski definition) is 1. The molecule has 0 saturated heterocycles. The van der Waals surface area contributed by atoms with Gasteiger partial charge in [-0.15, -0.1) is 0 Å². The molecule has 1 nitrogen and oxygen atoms in total. The summed E-state index contributed by atoms with van der Waals surface area (Å²) in [6.07, 6.45) is 3.92. The fourth-order valence-corrected chi connectivity index (χ4v) is 0.445. The Labute approximate surface area is 55.7 Å². The molecule has 0 fully saturated rings. The van der Waals surface area contributed by atoms with Crippen molar-refractivity contribution in [1.29, 1.82) is 0 Å². The topological polar surface area (TPSA) is 12.0 Å². The molecule has 2 heteroatoms. The highest BCUT2D eigenvalue weighted by molar-refractivity contribution is 6.25. The summed E-state index contributed by atoms with van der Waals surface area (Å²) in [4.78, 5) is 0. The number of halogens is 1. The molecule has 0 aromatic rings. The van der Waals surface area contributed by atoms with Crippen LogP contribution in [0, 0.1) is 6.42 Å². The van der Waals surface area contributed by atoms with Gasteiger partial charge in [-0.3, -0.25) is 0 Å². The Hall–Kier alpha value is -0.0100. The van der Waals surface area contributed by atoms with Crippen LogP contribution in [0.2, 0.25) is 0 Å². The van der Waals surface area contributed by atoms with Crippen molar-refractivity contribution in [3.05, 3.63) is 18.0 Å². The summed E-state index contributed by atoms with van der Waals surface area (Å²) in [7, 11) is 0. The van der Waals surface area contributed by atoms with Gasteiger partial charge >= 0.3 is 0 Å². The van der Waals surface area contributed by atoms with Gasteiger partial charge in [0.25, 0.3) is 0 Å². The second-order valence-corrected chi connectivity index (χ2v) is 1.68. The molecule has 47 valence electrons. The van der Waals surface area contributed by atoms with E-state index in [-0.39, 0.29) is 0 Å². The van der Waals surface area contributed by atoms with Gasteiger partial charge in [0.15, 0.2) is 0 Å². The Morgan fingerprint density at radius 3 is 2.75 bits per heavy atom. The zero-order valence-electron chi connectivity index (χ0n) is 5.02. The van der Waals surface area contributed by atoms with Gasteiger partial charge in [0, 0.05) is 12.1 Å². The van der Waals surface area contributed by atoms with Crippen molar-refractivity contribution in [2.24, 2.45) is 0 Å². The third kappa shape index (κ3) is 5.99. The predicted octanol–water partition coefficient (Wildman–Crippen LogP) is 1.55. The van der Waals surface area contributed by atoms with Gasteiger partial charge in [0.1, 0.15) is 0 Å². The summed E-state index contributed by atoms with van der Waals surface area (Å²) in [5, 5.41) is 3.11. The molecule has 0 atom stereocenters. The standard InChI is InChI=1S/C6H11ClN/c1-2-5-8-6-3-4-7/h2-4,8H,5-6H2,1H3. The van der Waals surface area contributed by atoms with Gasteiger partial charge in [-0.25, -0.2) is 0 Å². The lowest BCUT2D eigenvalue weighted by atomic mass is 10.5. The fourth-order valence-electron chi connectivity index (χ4n) is 0.356. The summed E-state index contributed by atoms with van der Waals surface area (Å²) in [6, 6.07) is 0. The first-order chi connectivity index (χ1) is 3.91. The van der Waals surface area contributed by atoms with Crippen molar-refractivity contribution in [3.63, 3.8) is 0 Å². The summed E-state index contributed by atoms with van der Waals surface area (Å²) in [6.45, 7) is 3.81. The normalized spacial score (nSPS) is 10.8. The molecule has 0 aliphatic heterocycles. The fraction of sp³-hybridized carbons (Fsp3) is 0.500. The average Bonchev–Trinajstić information content (AvgIpc) is 1.81. The van der Waals surface area contributed by atoms with Crippen LogP contribution in [0.5, 0.6) is 0 Å². The Morgan fingerprint density at radius 1 is 1.50 bits per heavy atom. The maximum Gasteiger partial charge on any atom is 0.0146 e. The second kappa shape index (κ2) is 6.99. The van der Waals surface area contributed by atoms with Crippen molar-refractivity contribution >= 4 is 11.6 Å². The van der Waals surface area contributed by atoms with E-state index in [1.807, 2.05) is 13.0 Å². The number of rotatable bonds is 4. The first-order valence-corrected chi connectivity index (χ1v) is 3.09. The van der Waals surface area contributed by atoms with Gasteiger partial charge in [0.05, 0.1) is 0 Å². The van der Waals surface area contributed by atoms with E-state index in [1.165, 1.54) is 5.54 Å². The van der Waals surface area contributed by atoms with Gasteiger partial charge in [-0.2, -0.15) is 0 Å². The van der Waals surface area contributed by atoms with Crippen molar-refractivity contribution in [2.45, 2.75) is 6.92 Å². The molecule has 0 aromatic carbocycles. The highest BCUT2D eigenvalue weighted by Crippen LogP contribution is 1.75. The first kappa shape index (κ1) is 7.99. The van der Waals surface area contributed by atoms with Gasteiger partial charge in [-0.05, 0) is 13.0 Å². The Balaban J connectivity index is 2.72. The lowest BCUT2D eigenvalue weighted by Crippen LogP contribution is -2.13. The maximum atomic E-state index is 5.25. The van der Waals surface area contributed by atoms with Crippen LogP contribution in [-0.2, 0) is 0 Å². The molecule has 0 saturated carbocycles. The molecule has 1 N–H and O–H groups in total. The molecule has 0 aliphatic carbocycles. The zero-order chi connectivity index (χ0) is 6.24. The molecule has 0 rings (SSSR count). The Bertz CT molecular complexity index is 61.5. The molecule has 8 heavy (non-hydrogen) atoms. The minimum atomic E-state index is 0.855.